The number of aromatic amines is 1. The molecule has 3 heterocycles. The molecule has 1 aromatic rings. The lowest BCUT2D eigenvalue weighted by Crippen LogP contribution is -2.43. The first-order valence-corrected chi connectivity index (χ1v) is 8.30. The third-order valence-corrected chi connectivity index (χ3v) is 5.19. The minimum Gasteiger partial charge on any atom is -0.342 e. The van der Waals surface area contributed by atoms with E-state index in [2.05, 4.69) is 10.2 Å². The number of aromatic nitrogens is 2. The van der Waals surface area contributed by atoms with Crippen LogP contribution in [0, 0.1) is 5.92 Å². The monoisotopic (exact) mass is 302 g/mol. The predicted molar refractivity (Wildman–Crippen MR) is 80.0 cm³/mol. The van der Waals surface area contributed by atoms with Gasteiger partial charge in [-0.1, -0.05) is 0 Å². The fourth-order valence-electron chi connectivity index (χ4n) is 3.82. The molecule has 6 heteroatoms. The van der Waals surface area contributed by atoms with Crippen LogP contribution in [-0.4, -0.2) is 57.5 Å². The normalized spacial score (nSPS) is 29.2. The van der Waals surface area contributed by atoms with Gasteiger partial charge in [-0.2, -0.15) is 5.10 Å². The molecular formula is C16H22N4O2. The first-order chi connectivity index (χ1) is 10.7. The summed E-state index contributed by atoms with van der Waals surface area (Å²) in [7, 11) is 0. The Balaban J connectivity index is 1.41. The molecule has 0 bridgehead atoms. The first kappa shape index (κ1) is 13.8. The van der Waals surface area contributed by atoms with Crippen molar-refractivity contribution in [2.45, 2.75) is 44.1 Å². The molecule has 2 atom stereocenters. The number of nitrogens with one attached hydrogen (secondary N) is 1. The minimum absolute atomic E-state index is 0.131. The average Bonchev–Trinajstić information content (AvgIpc) is 3.09. The number of hydrogen-bond acceptors (Lipinski definition) is 3. The van der Waals surface area contributed by atoms with Gasteiger partial charge in [0.15, 0.2) is 0 Å². The molecule has 118 valence electrons. The number of H-pyrrole nitrogens is 1. The van der Waals surface area contributed by atoms with E-state index in [9.17, 15) is 9.59 Å². The zero-order chi connectivity index (χ0) is 15.1. The highest BCUT2D eigenvalue weighted by atomic mass is 16.2. The molecule has 2 amide bonds. The third-order valence-electron chi connectivity index (χ3n) is 5.19. The molecule has 3 fully saturated rings. The second-order valence-electron chi connectivity index (χ2n) is 6.81. The molecule has 0 spiro atoms. The summed E-state index contributed by atoms with van der Waals surface area (Å²) < 4.78 is 0. The molecular weight excluding hydrogens is 280 g/mol. The lowest BCUT2D eigenvalue weighted by molar-refractivity contribution is -0.137. The third kappa shape index (κ3) is 2.51. The Labute approximate surface area is 129 Å². The van der Waals surface area contributed by atoms with E-state index in [4.69, 9.17) is 0 Å². The number of carbonyl (C=O) groups is 2. The van der Waals surface area contributed by atoms with Crippen molar-refractivity contribution in [1.29, 1.82) is 0 Å². The maximum Gasteiger partial charge on any atom is 0.228 e. The van der Waals surface area contributed by atoms with Gasteiger partial charge in [-0.3, -0.25) is 14.7 Å². The number of amides is 2. The summed E-state index contributed by atoms with van der Waals surface area (Å²) in [4.78, 5) is 28.7. The van der Waals surface area contributed by atoms with Crippen LogP contribution in [0.4, 0.5) is 0 Å². The first-order valence-electron chi connectivity index (χ1n) is 8.30. The van der Waals surface area contributed by atoms with Gasteiger partial charge >= 0.3 is 0 Å². The summed E-state index contributed by atoms with van der Waals surface area (Å²) in [6.45, 7) is 2.19. The Morgan fingerprint density at radius 3 is 2.86 bits per heavy atom. The van der Waals surface area contributed by atoms with Crippen LogP contribution in [0.2, 0.25) is 0 Å². The van der Waals surface area contributed by atoms with Gasteiger partial charge in [-0.25, -0.2) is 0 Å². The number of carbonyl (C=O) groups excluding carboxylic acids is 2. The van der Waals surface area contributed by atoms with Crippen LogP contribution in [0.15, 0.2) is 12.3 Å². The summed E-state index contributed by atoms with van der Waals surface area (Å²) in [5.74, 6) is 0.550. The van der Waals surface area contributed by atoms with Crippen molar-refractivity contribution in [3.63, 3.8) is 0 Å². The van der Waals surface area contributed by atoms with Crippen molar-refractivity contribution in [3.8, 4) is 0 Å². The van der Waals surface area contributed by atoms with E-state index in [1.807, 2.05) is 15.9 Å². The molecule has 22 heavy (non-hydrogen) atoms. The van der Waals surface area contributed by atoms with Crippen LogP contribution in [0.1, 0.15) is 43.7 Å². The minimum atomic E-state index is -0.131. The van der Waals surface area contributed by atoms with Crippen molar-refractivity contribution >= 4 is 11.8 Å². The van der Waals surface area contributed by atoms with Gasteiger partial charge in [-0.05, 0) is 31.7 Å². The lowest BCUT2D eigenvalue weighted by atomic mass is 9.93. The van der Waals surface area contributed by atoms with E-state index < -0.39 is 0 Å². The summed E-state index contributed by atoms with van der Waals surface area (Å²) in [6.07, 6.45) is 6.49. The second kappa shape index (κ2) is 5.41. The van der Waals surface area contributed by atoms with Gasteiger partial charge < -0.3 is 9.80 Å². The quantitative estimate of drug-likeness (QED) is 0.910. The van der Waals surface area contributed by atoms with Gasteiger partial charge in [-0.15, -0.1) is 0 Å². The van der Waals surface area contributed by atoms with Crippen molar-refractivity contribution < 1.29 is 9.59 Å². The highest BCUT2D eigenvalue weighted by Crippen LogP contribution is 2.34. The van der Waals surface area contributed by atoms with E-state index in [1.165, 1.54) is 0 Å². The zero-order valence-corrected chi connectivity index (χ0v) is 12.7. The molecule has 0 unspecified atom stereocenters. The maximum absolute atomic E-state index is 12.8. The smallest absolute Gasteiger partial charge is 0.228 e. The van der Waals surface area contributed by atoms with Gasteiger partial charge in [0.05, 0.1) is 5.92 Å². The average molecular weight is 302 g/mol. The van der Waals surface area contributed by atoms with Crippen LogP contribution >= 0.6 is 0 Å². The summed E-state index contributed by atoms with van der Waals surface area (Å²) in [5.41, 5.74) is 1.11. The van der Waals surface area contributed by atoms with E-state index in [1.54, 1.807) is 6.20 Å². The SMILES string of the molecule is O=C([C@@H]1CC(=O)N(C2CC2)C1)N1CCC[C@H](c2ccn[nH]2)C1. The zero-order valence-electron chi connectivity index (χ0n) is 12.7. The molecule has 1 aromatic heterocycles. The molecule has 4 rings (SSSR count). The van der Waals surface area contributed by atoms with Gasteiger partial charge in [0, 0.05) is 49.9 Å². The molecule has 1 aliphatic carbocycles. The van der Waals surface area contributed by atoms with Crippen molar-refractivity contribution in [1.82, 2.24) is 20.0 Å². The molecule has 1 N–H and O–H groups in total. The second-order valence-corrected chi connectivity index (χ2v) is 6.81. The van der Waals surface area contributed by atoms with Crippen LogP contribution in [0.25, 0.3) is 0 Å². The standard InChI is InChI=1S/C16H22N4O2/c21-15-8-12(10-20(15)13-3-4-13)16(22)19-7-1-2-11(9-19)14-5-6-17-18-14/h5-6,11-13H,1-4,7-10H2,(H,17,18)/t11-,12+/m0/s1. The summed E-state index contributed by atoms with van der Waals surface area (Å²) >= 11 is 0. The largest absolute Gasteiger partial charge is 0.342 e. The molecule has 2 aliphatic heterocycles. The summed E-state index contributed by atoms with van der Waals surface area (Å²) in [5, 5.41) is 7.03. The Kier molecular flexibility index (Phi) is 3.39. The van der Waals surface area contributed by atoms with Crippen LogP contribution < -0.4 is 0 Å². The maximum atomic E-state index is 12.8. The Hall–Kier alpha value is -1.85. The van der Waals surface area contributed by atoms with Crippen LogP contribution in [-0.2, 0) is 9.59 Å². The van der Waals surface area contributed by atoms with Crippen molar-refractivity contribution in [2.24, 2.45) is 5.92 Å². The molecule has 0 aromatic carbocycles. The lowest BCUT2D eigenvalue weighted by Gasteiger charge is -2.33. The van der Waals surface area contributed by atoms with E-state index in [-0.39, 0.29) is 17.7 Å². The number of rotatable bonds is 3. The van der Waals surface area contributed by atoms with E-state index >= 15 is 0 Å². The number of nitrogens with zero attached hydrogens (tertiary/aromatic N) is 3. The molecule has 1 saturated carbocycles. The number of likely N-dealkylation sites (tertiary alicyclic amines) is 2. The highest BCUT2D eigenvalue weighted by molar-refractivity contribution is 5.89. The molecule has 0 radical (unpaired) electrons. The predicted octanol–water partition coefficient (Wildman–Crippen LogP) is 1.13. The Morgan fingerprint density at radius 1 is 1.27 bits per heavy atom. The van der Waals surface area contributed by atoms with Gasteiger partial charge in [0.25, 0.3) is 0 Å². The van der Waals surface area contributed by atoms with Crippen LogP contribution in [0.5, 0.6) is 0 Å². The van der Waals surface area contributed by atoms with Gasteiger partial charge in [0.2, 0.25) is 11.8 Å². The fraction of sp³-hybridized carbons (Fsp3) is 0.688. The Bertz CT molecular complexity index is 567. The highest BCUT2D eigenvalue weighted by Gasteiger charge is 2.43. The number of hydrogen-bond donors (Lipinski definition) is 1. The van der Waals surface area contributed by atoms with Crippen molar-refractivity contribution in [3.05, 3.63) is 18.0 Å². The number of piperidine rings is 1. The van der Waals surface area contributed by atoms with Crippen LogP contribution in [0.3, 0.4) is 0 Å². The topological polar surface area (TPSA) is 69.3 Å². The van der Waals surface area contributed by atoms with E-state index in [0.29, 0.717) is 24.9 Å². The molecule has 2 saturated heterocycles. The molecule has 6 nitrogen and oxygen atoms in total. The van der Waals surface area contributed by atoms with Crippen molar-refractivity contribution in [2.75, 3.05) is 19.6 Å². The summed E-state index contributed by atoms with van der Waals surface area (Å²) in [6, 6.07) is 2.41. The Morgan fingerprint density at radius 2 is 2.14 bits per heavy atom. The van der Waals surface area contributed by atoms with E-state index in [0.717, 1.165) is 44.5 Å². The van der Waals surface area contributed by atoms with Gasteiger partial charge in [0.1, 0.15) is 0 Å². The molecule has 3 aliphatic rings. The fourth-order valence-corrected chi connectivity index (χ4v) is 3.82.